The van der Waals surface area contributed by atoms with Crippen LogP contribution in [0.2, 0.25) is 0 Å². The van der Waals surface area contributed by atoms with E-state index in [0.717, 1.165) is 0 Å². The predicted octanol–water partition coefficient (Wildman–Crippen LogP) is 1.94. The van der Waals surface area contributed by atoms with Crippen molar-refractivity contribution in [2.45, 2.75) is 0 Å². The number of primary amides is 1. The highest BCUT2D eigenvalue weighted by Crippen LogP contribution is 2.27. The van der Waals surface area contributed by atoms with E-state index in [1.807, 2.05) is 0 Å². The van der Waals surface area contributed by atoms with Crippen molar-refractivity contribution < 1.29 is 28.5 Å². The van der Waals surface area contributed by atoms with E-state index in [1.54, 1.807) is 42.5 Å². The van der Waals surface area contributed by atoms with Crippen molar-refractivity contribution in [2.75, 3.05) is 27.4 Å². The van der Waals surface area contributed by atoms with Crippen molar-refractivity contribution >= 4 is 18.2 Å². The molecule has 9 nitrogen and oxygen atoms in total. The van der Waals surface area contributed by atoms with Gasteiger partial charge in [-0.3, -0.25) is 0 Å². The van der Waals surface area contributed by atoms with Crippen LogP contribution in [0.1, 0.15) is 15.9 Å². The summed E-state index contributed by atoms with van der Waals surface area (Å²) in [6.07, 6.45) is 1.43. The van der Waals surface area contributed by atoms with Crippen LogP contribution in [0.4, 0.5) is 4.79 Å². The van der Waals surface area contributed by atoms with Gasteiger partial charge in [-0.1, -0.05) is 6.07 Å². The number of nitrogens with one attached hydrogen (secondary N) is 1. The predicted molar refractivity (Wildman–Crippen MR) is 102 cm³/mol. The number of amides is 2. The Labute approximate surface area is 162 Å². The summed E-state index contributed by atoms with van der Waals surface area (Å²) in [6, 6.07) is 11.1. The van der Waals surface area contributed by atoms with Crippen LogP contribution >= 0.6 is 0 Å². The molecular weight excluding hydrogens is 366 g/mol. The quantitative estimate of drug-likeness (QED) is 0.293. The number of ether oxygens (including phenoxy) is 4. The van der Waals surface area contributed by atoms with E-state index in [4.69, 9.17) is 19.9 Å². The number of hydrazone groups is 1. The number of esters is 1. The molecule has 0 aliphatic rings. The zero-order valence-electron chi connectivity index (χ0n) is 15.5. The van der Waals surface area contributed by atoms with E-state index in [0.29, 0.717) is 28.4 Å². The summed E-state index contributed by atoms with van der Waals surface area (Å²) in [4.78, 5) is 22.1. The van der Waals surface area contributed by atoms with Crippen molar-refractivity contribution in [3.8, 4) is 17.2 Å². The smallest absolute Gasteiger partial charge is 0.337 e. The first kappa shape index (κ1) is 20.6. The molecule has 0 saturated carbocycles. The average Bonchev–Trinajstić information content (AvgIpc) is 2.71. The van der Waals surface area contributed by atoms with E-state index < -0.39 is 12.0 Å². The Bertz CT molecular complexity index is 853. The van der Waals surface area contributed by atoms with Crippen molar-refractivity contribution in [2.24, 2.45) is 10.8 Å². The number of carbonyl (C=O) groups excluding carboxylic acids is 2. The van der Waals surface area contributed by atoms with Gasteiger partial charge in [0.25, 0.3) is 0 Å². The molecule has 0 heterocycles. The molecule has 0 aliphatic carbocycles. The number of methoxy groups -OCH3 is 2. The average molecular weight is 387 g/mol. The van der Waals surface area contributed by atoms with Gasteiger partial charge in [-0.05, 0) is 42.0 Å². The Balaban J connectivity index is 1.89. The number of benzene rings is 2. The Morgan fingerprint density at radius 2 is 1.86 bits per heavy atom. The molecule has 0 unspecified atom stereocenters. The van der Waals surface area contributed by atoms with Crippen LogP contribution in [0.3, 0.4) is 0 Å². The number of rotatable bonds is 9. The van der Waals surface area contributed by atoms with Crippen LogP contribution < -0.4 is 25.4 Å². The summed E-state index contributed by atoms with van der Waals surface area (Å²) in [6.45, 7) is 0.523. The summed E-state index contributed by atoms with van der Waals surface area (Å²) in [5.41, 5.74) is 8.14. The molecular formula is C19H21N3O6. The summed E-state index contributed by atoms with van der Waals surface area (Å²) in [5, 5.41) is 3.68. The lowest BCUT2D eigenvalue weighted by molar-refractivity contribution is 0.0600. The third-order valence-corrected chi connectivity index (χ3v) is 3.44. The highest BCUT2D eigenvalue weighted by molar-refractivity contribution is 5.89. The Hall–Kier alpha value is -3.75. The van der Waals surface area contributed by atoms with Crippen molar-refractivity contribution in [1.82, 2.24) is 5.43 Å². The van der Waals surface area contributed by atoms with Gasteiger partial charge in [0.1, 0.15) is 19.0 Å². The van der Waals surface area contributed by atoms with Gasteiger partial charge < -0.3 is 24.7 Å². The van der Waals surface area contributed by atoms with Crippen LogP contribution in [-0.4, -0.2) is 45.6 Å². The van der Waals surface area contributed by atoms with Crippen LogP contribution in [0.15, 0.2) is 47.6 Å². The number of urea groups is 1. The topological polar surface area (TPSA) is 121 Å². The van der Waals surface area contributed by atoms with E-state index in [2.05, 4.69) is 15.3 Å². The largest absolute Gasteiger partial charge is 0.493 e. The molecule has 0 fully saturated rings. The van der Waals surface area contributed by atoms with Gasteiger partial charge >= 0.3 is 12.0 Å². The van der Waals surface area contributed by atoms with Crippen molar-refractivity contribution in [1.29, 1.82) is 0 Å². The van der Waals surface area contributed by atoms with Gasteiger partial charge in [-0.2, -0.15) is 5.10 Å². The van der Waals surface area contributed by atoms with Crippen LogP contribution in [0.5, 0.6) is 17.2 Å². The molecule has 0 aliphatic heterocycles. The highest BCUT2D eigenvalue weighted by Gasteiger charge is 2.07. The molecule has 0 aromatic heterocycles. The summed E-state index contributed by atoms with van der Waals surface area (Å²) >= 11 is 0. The molecule has 28 heavy (non-hydrogen) atoms. The first-order valence-electron chi connectivity index (χ1n) is 8.24. The molecule has 0 spiro atoms. The lowest BCUT2D eigenvalue weighted by Crippen LogP contribution is -2.24. The number of hydrogen-bond donors (Lipinski definition) is 2. The summed E-state index contributed by atoms with van der Waals surface area (Å²) in [7, 11) is 2.84. The van der Waals surface area contributed by atoms with Crippen LogP contribution in [0.25, 0.3) is 0 Å². The monoisotopic (exact) mass is 387 g/mol. The second-order valence-corrected chi connectivity index (χ2v) is 5.36. The molecule has 2 aromatic carbocycles. The van der Waals surface area contributed by atoms with Gasteiger partial charge in [-0.15, -0.1) is 0 Å². The molecule has 3 N–H and O–H groups in total. The van der Waals surface area contributed by atoms with E-state index in [1.165, 1.54) is 20.4 Å². The zero-order chi connectivity index (χ0) is 20.4. The van der Waals surface area contributed by atoms with E-state index >= 15 is 0 Å². The Morgan fingerprint density at radius 1 is 1.07 bits per heavy atom. The number of nitrogens with zero attached hydrogens (tertiary/aromatic N) is 1. The van der Waals surface area contributed by atoms with Crippen LogP contribution in [-0.2, 0) is 4.74 Å². The minimum atomic E-state index is -0.750. The Morgan fingerprint density at radius 3 is 2.57 bits per heavy atom. The lowest BCUT2D eigenvalue weighted by atomic mass is 10.2. The molecule has 2 rings (SSSR count). The van der Waals surface area contributed by atoms with E-state index in [9.17, 15) is 9.59 Å². The first-order valence-corrected chi connectivity index (χ1v) is 8.24. The highest BCUT2D eigenvalue weighted by atomic mass is 16.5. The summed E-state index contributed by atoms with van der Waals surface area (Å²) < 4.78 is 21.2. The molecule has 2 aromatic rings. The second-order valence-electron chi connectivity index (χ2n) is 5.36. The van der Waals surface area contributed by atoms with Gasteiger partial charge in [0, 0.05) is 0 Å². The molecule has 2 amide bonds. The second kappa shape index (κ2) is 10.4. The minimum Gasteiger partial charge on any atom is -0.493 e. The van der Waals surface area contributed by atoms with Crippen molar-refractivity contribution in [3.63, 3.8) is 0 Å². The van der Waals surface area contributed by atoms with Gasteiger partial charge in [0.2, 0.25) is 0 Å². The molecule has 0 radical (unpaired) electrons. The molecule has 0 atom stereocenters. The molecule has 0 bridgehead atoms. The molecule has 0 saturated heterocycles. The first-order chi connectivity index (χ1) is 13.5. The molecule has 9 heteroatoms. The van der Waals surface area contributed by atoms with Crippen LogP contribution in [0, 0.1) is 0 Å². The SMILES string of the molecule is COC(=O)c1cccc(OCCOc2ccc(C=NNC(N)=O)cc2OC)c1. The molecule has 148 valence electrons. The minimum absolute atomic E-state index is 0.259. The maximum absolute atomic E-state index is 11.5. The van der Waals surface area contributed by atoms with Gasteiger partial charge in [-0.25, -0.2) is 15.0 Å². The fourth-order valence-electron chi connectivity index (χ4n) is 2.20. The zero-order valence-corrected chi connectivity index (χ0v) is 15.5. The Kier molecular flexibility index (Phi) is 7.64. The van der Waals surface area contributed by atoms with Gasteiger partial charge in [0.15, 0.2) is 11.5 Å². The number of carbonyl (C=O) groups is 2. The third-order valence-electron chi connectivity index (χ3n) is 3.44. The van der Waals surface area contributed by atoms with E-state index in [-0.39, 0.29) is 13.2 Å². The normalized spacial score (nSPS) is 10.4. The number of hydrogen-bond acceptors (Lipinski definition) is 7. The fraction of sp³-hybridized carbons (Fsp3) is 0.211. The van der Waals surface area contributed by atoms with Gasteiger partial charge in [0.05, 0.1) is 26.0 Å². The summed E-state index contributed by atoms with van der Waals surface area (Å²) in [5.74, 6) is 1.12. The fourth-order valence-corrected chi connectivity index (χ4v) is 2.20. The standard InChI is InChI=1S/C19H21N3O6/c1-25-17-10-13(12-21-22-19(20)24)6-7-16(17)28-9-8-27-15-5-3-4-14(11-15)18(23)26-2/h3-7,10-12H,8-9H2,1-2H3,(H3,20,22,24). The number of nitrogens with two attached hydrogens (primary N) is 1. The third kappa shape index (κ3) is 6.20. The maximum Gasteiger partial charge on any atom is 0.337 e. The maximum atomic E-state index is 11.5. The van der Waals surface area contributed by atoms with Crippen molar-refractivity contribution in [3.05, 3.63) is 53.6 Å². The lowest BCUT2D eigenvalue weighted by Gasteiger charge is -2.12.